The summed E-state index contributed by atoms with van der Waals surface area (Å²) in [6.45, 7) is 2.41. The third-order valence-electron chi connectivity index (χ3n) is 2.42. The lowest BCUT2D eigenvalue weighted by atomic mass is 10.2. The van der Waals surface area contributed by atoms with Crippen molar-refractivity contribution >= 4 is 29.4 Å². The summed E-state index contributed by atoms with van der Waals surface area (Å²) in [4.78, 5) is 22.1. The number of hydrogen-bond acceptors (Lipinski definition) is 3. The maximum absolute atomic E-state index is 13.5. The number of rotatable bonds is 5. The SMILES string of the molecule is CSC(C)CNC(=O)Nc1ccc(C(=O)O)cc1F. The Hall–Kier alpha value is -1.76. The fraction of sp³-hybridized carbons (Fsp3) is 0.333. The van der Waals surface area contributed by atoms with Gasteiger partial charge < -0.3 is 15.7 Å². The Kier molecular flexibility index (Phi) is 5.62. The molecular formula is C12H15FN2O3S. The Morgan fingerprint density at radius 3 is 2.68 bits per heavy atom. The number of carbonyl (C=O) groups excluding carboxylic acids is 1. The second-order valence-corrected chi connectivity index (χ2v) is 5.16. The van der Waals surface area contributed by atoms with Crippen LogP contribution in [-0.2, 0) is 0 Å². The number of urea groups is 1. The summed E-state index contributed by atoms with van der Waals surface area (Å²) in [5.41, 5.74) is -0.223. The minimum Gasteiger partial charge on any atom is -0.478 e. The summed E-state index contributed by atoms with van der Waals surface area (Å²) >= 11 is 1.60. The maximum Gasteiger partial charge on any atom is 0.335 e. The number of carboxylic acids is 1. The molecule has 1 aromatic carbocycles. The van der Waals surface area contributed by atoms with Crippen molar-refractivity contribution in [2.75, 3.05) is 18.1 Å². The fourth-order valence-corrected chi connectivity index (χ4v) is 1.49. The van der Waals surface area contributed by atoms with Crippen molar-refractivity contribution in [1.82, 2.24) is 5.32 Å². The molecule has 0 aliphatic rings. The molecule has 1 rings (SSSR count). The third-order valence-corrected chi connectivity index (χ3v) is 3.39. The predicted molar refractivity (Wildman–Crippen MR) is 73.4 cm³/mol. The highest BCUT2D eigenvalue weighted by atomic mass is 32.2. The Bertz CT molecular complexity index is 482. The number of carboxylic acid groups (broad SMARTS) is 1. The molecule has 5 nitrogen and oxygen atoms in total. The molecule has 0 aromatic heterocycles. The van der Waals surface area contributed by atoms with E-state index in [2.05, 4.69) is 10.6 Å². The van der Waals surface area contributed by atoms with E-state index in [-0.39, 0.29) is 16.5 Å². The molecule has 0 radical (unpaired) electrons. The number of amides is 2. The van der Waals surface area contributed by atoms with Crippen LogP contribution in [0.4, 0.5) is 14.9 Å². The smallest absolute Gasteiger partial charge is 0.335 e. The standard InChI is InChI=1S/C12H15FN2O3S/c1-7(19-2)6-14-12(18)15-10-4-3-8(11(16)17)5-9(10)13/h3-5,7H,6H2,1-2H3,(H,16,17)(H2,14,15,18). The van der Waals surface area contributed by atoms with Gasteiger partial charge in [0.15, 0.2) is 0 Å². The van der Waals surface area contributed by atoms with E-state index in [0.717, 1.165) is 6.07 Å². The van der Waals surface area contributed by atoms with Gasteiger partial charge >= 0.3 is 12.0 Å². The molecule has 104 valence electrons. The zero-order valence-electron chi connectivity index (χ0n) is 10.6. The highest BCUT2D eigenvalue weighted by molar-refractivity contribution is 7.99. The van der Waals surface area contributed by atoms with Crippen molar-refractivity contribution in [2.45, 2.75) is 12.2 Å². The first-order valence-corrected chi connectivity index (χ1v) is 6.83. The molecule has 0 heterocycles. The first-order valence-electron chi connectivity index (χ1n) is 5.54. The summed E-state index contributed by atoms with van der Waals surface area (Å²) in [5.74, 6) is -2.00. The number of anilines is 1. The third kappa shape index (κ3) is 4.78. The van der Waals surface area contributed by atoms with Crippen LogP contribution in [0, 0.1) is 5.82 Å². The van der Waals surface area contributed by atoms with E-state index < -0.39 is 17.8 Å². The Labute approximate surface area is 114 Å². The van der Waals surface area contributed by atoms with Gasteiger partial charge in [-0.15, -0.1) is 0 Å². The zero-order valence-corrected chi connectivity index (χ0v) is 11.4. The molecule has 0 saturated heterocycles. The average Bonchev–Trinajstić information content (AvgIpc) is 2.38. The summed E-state index contributed by atoms with van der Waals surface area (Å²) in [6.07, 6.45) is 1.93. The Morgan fingerprint density at radius 1 is 1.47 bits per heavy atom. The zero-order chi connectivity index (χ0) is 14.4. The first kappa shape index (κ1) is 15.3. The van der Waals surface area contributed by atoms with Gasteiger partial charge in [0, 0.05) is 11.8 Å². The molecular weight excluding hydrogens is 271 g/mol. The van der Waals surface area contributed by atoms with Crippen molar-refractivity contribution < 1.29 is 19.1 Å². The molecule has 19 heavy (non-hydrogen) atoms. The largest absolute Gasteiger partial charge is 0.478 e. The van der Waals surface area contributed by atoms with Crippen molar-refractivity contribution in [3.8, 4) is 0 Å². The topological polar surface area (TPSA) is 78.4 Å². The number of carbonyl (C=O) groups is 2. The molecule has 0 saturated carbocycles. The summed E-state index contributed by atoms with van der Waals surface area (Å²) in [7, 11) is 0. The minimum atomic E-state index is -1.22. The highest BCUT2D eigenvalue weighted by Gasteiger charge is 2.11. The minimum absolute atomic E-state index is 0.0562. The van der Waals surface area contributed by atoms with Crippen LogP contribution in [0.1, 0.15) is 17.3 Å². The van der Waals surface area contributed by atoms with Crippen LogP contribution in [0.3, 0.4) is 0 Å². The number of nitrogens with one attached hydrogen (secondary N) is 2. The molecule has 0 spiro atoms. The fourth-order valence-electron chi connectivity index (χ4n) is 1.24. The van der Waals surface area contributed by atoms with E-state index in [1.165, 1.54) is 12.1 Å². The van der Waals surface area contributed by atoms with Gasteiger partial charge in [-0.25, -0.2) is 14.0 Å². The molecule has 1 unspecified atom stereocenters. The summed E-state index contributed by atoms with van der Waals surface area (Å²) in [5, 5.41) is 13.9. The maximum atomic E-state index is 13.5. The lowest BCUT2D eigenvalue weighted by Crippen LogP contribution is -2.33. The van der Waals surface area contributed by atoms with Gasteiger partial charge in [-0.05, 0) is 24.5 Å². The van der Waals surface area contributed by atoms with E-state index in [9.17, 15) is 14.0 Å². The number of thioether (sulfide) groups is 1. The van der Waals surface area contributed by atoms with Crippen LogP contribution < -0.4 is 10.6 Å². The molecule has 2 amide bonds. The molecule has 7 heteroatoms. The van der Waals surface area contributed by atoms with Crippen LogP contribution >= 0.6 is 11.8 Å². The quantitative estimate of drug-likeness (QED) is 0.776. The van der Waals surface area contributed by atoms with Crippen molar-refractivity contribution in [2.24, 2.45) is 0 Å². The Balaban J connectivity index is 2.62. The van der Waals surface area contributed by atoms with E-state index in [1.807, 2.05) is 13.2 Å². The molecule has 1 aromatic rings. The normalized spacial score (nSPS) is 11.7. The van der Waals surface area contributed by atoms with Gasteiger partial charge in [0.1, 0.15) is 5.82 Å². The lowest BCUT2D eigenvalue weighted by molar-refractivity contribution is 0.0696. The van der Waals surface area contributed by atoms with Gasteiger partial charge in [-0.1, -0.05) is 6.92 Å². The number of hydrogen-bond donors (Lipinski definition) is 3. The predicted octanol–water partition coefficient (Wildman–Crippen LogP) is 2.40. The van der Waals surface area contributed by atoms with Gasteiger partial charge in [-0.3, -0.25) is 0 Å². The molecule has 3 N–H and O–H groups in total. The van der Waals surface area contributed by atoms with E-state index >= 15 is 0 Å². The van der Waals surface area contributed by atoms with Crippen LogP contribution in [-0.4, -0.2) is 35.2 Å². The average molecular weight is 286 g/mol. The van der Waals surface area contributed by atoms with Crippen LogP contribution in [0.5, 0.6) is 0 Å². The molecule has 0 aliphatic carbocycles. The number of benzene rings is 1. The number of halogens is 1. The summed E-state index contributed by atoms with van der Waals surface area (Å²) in [6, 6.07) is 2.78. The van der Waals surface area contributed by atoms with E-state index in [1.54, 1.807) is 11.8 Å². The monoisotopic (exact) mass is 286 g/mol. The van der Waals surface area contributed by atoms with Gasteiger partial charge in [0.05, 0.1) is 11.3 Å². The first-order chi connectivity index (χ1) is 8.93. The molecule has 0 bridgehead atoms. The van der Waals surface area contributed by atoms with Crippen LogP contribution in [0.25, 0.3) is 0 Å². The van der Waals surface area contributed by atoms with Crippen molar-refractivity contribution in [1.29, 1.82) is 0 Å². The van der Waals surface area contributed by atoms with Gasteiger partial charge in [-0.2, -0.15) is 11.8 Å². The lowest BCUT2D eigenvalue weighted by Gasteiger charge is -2.11. The van der Waals surface area contributed by atoms with Crippen molar-refractivity contribution in [3.63, 3.8) is 0 Å². The Morgan fingerprint density at radius 2 is 2.16 bits per heavy atom. The van der Waals surface area contributed by atoms with Crippen LogP contribution in [0.15, 0.2) is 18.2 Å². The van der Waals surface area contributed by atoms with Crippen molar-refractivity contribution in [3.05, 3.63) is 29.6 Å². The summed E-state index contributed by atoms with van der Waals surface area (Å²) < 4.78 is 13.5. The second-order valence-electron chi connectivity index (χ2n) is 3.88. The number of aromatic carboxylic acids is 1. The molecule has 1 atom stereocenters. The molecule has 0 fully saturated rings. The van der Waals surface area contributed by atoms with Crippen LogP contribution in [0.2, 0.25) is 0 Å². The molecule has 0 aliphatic heterocycles. The van der Waals surface area contributed by atoms with Gasteiger partial charge in [0.2, 0.25) is 0 Å². The van der Waals surface area contributed by atoms with Gasteiger partial charge in [0.25, 0.3) is 0 Å². The van der Waals surface area contributed by atoms with E-state index in [4.69, 9.17) is 5.11 Å². The highest BCUT2D eigenvalue weighted by Crippen LogP contribution is 2.15. The van der Waals surface area contributed by atoms with E-state index in [0.29, 0.717) is 6.54 Å². The second kappa shape index (κ2) is 6.98.